The standard InChI is InChI=1S/C22H40O9Si/c1-12(2)32(13(3)4,14(5)6)27-11-18-19(28-15(7)23)20(29-16(8)24)21(30-17(9)25)22(26-10)31-18/h12-14,18-22H,11H2,1-10H3/t18?,19-,20+,21?,22-/m0/s1. The van der Waals surface area contributed by atoms with Crippen molar-refractivity contribution in [2.45, 2.75) is 110 Å². The molecular formula is C22H40O9Si. The van der Waals surface area contributed by atoms with Gasteiger partial charge in [-0.2, -0.15) is 0 Å². The molecule has 1 saturated heterocycles. The SMILES string of the molecule is CO[C@H]1OC(CO[Si](C(C)C)(C(C)C)C(C)C)[C@H](OC(C)=O)[C@@H](OC(C)=O)C1OC(C)=O. The van der Waals surface area contributed by atoms with E-state index in [-0.39, 0.29) is 6.61 Å². The summed E-state index contributed by atoms with van der Waals surface area (Å²) in [5, 5.41) is 0. The Morgan fingerprint density at radius 2 is 1.16 bits per heavy atom. The molecule has 0 spiro atoms. The van der Waals surface area contributed by atoms with Crippen molar-refractivity contribution < 1.29 is 42.5 Å². The summed E-state index contributed by atoms with van der Waals surface area (Å²) >= 11 is 0. The average molecular weight is 477 g/mol. The summed E-state index contributed by atoms with van der Waals surface area (Å²) in [5.41, 5.74) is 0.985. The molecular weight excluding hydrogens is 436 g/mol. The Morgan fingerprint density at radius 1 is 0.750 bits per heavy atom. The minimum atomic E-state index is -2.26. The van der Waals surface area contributed by atoms with E-state index in [2.05, 4.69) is 41.5 Å². The molecule has 0 N–H and O–H groups in total. The fourth-order valence-corrected chi connectivity index (χ4v) is 10.4. The Kier molecular flexibility index (Phi) is 10.8. The molecule has 0 aromatic heterocycles. The van der Waals surface area contributed by atoms with E-state index in [1.54, 1.807) is 0 Å². The van der Waals surface area contributed by atoms with Gasteiger partial charge in [0.1, 0.15) is 6.10 Å². The van der Waals surface area contributed by atoms with Crippen LogP contribution < -0.4 is 0 Å². The Morgan fingerprint density at radius 3 is 1.53 bits per heavy atom. The first-order valence-electron chi connectivity index (χ1n) is 11.1. The lowest BCUT2D eigenvalue weighted by Gasteiger charge is -2.47. The third-order valence-electron chi connectivity index (χ3n) is 5.93. The number of methoxy groups -OCH3 is 1. The van der Waals surface area contributed by atoms with Crippen LogP contribution in [-0.2, 0) is 42.5 Å². The van der Waals surface area contributed by atoms with Gasteiger partial charge in [0.15, 0.2) is 32.9 Å². The van der Waals surface area contributed by atoms with Gasteiger partial charge in [0.25, 0.3) is 0 Å². The molecule has 9 nitrogen and oxygen atoms in total. The number of carbonyl (C=O) groups excluding carboxylic acids is 3. The van der Waals surface area contributed by atoms with Gasteiger partial charge in [0.2, 0.25) is 0 Å². The fourth-order valence-electron chi connectivity index (χ4n) is 4.91. The summed E-state index contributed by atoms with van der Waals surface area (Å²) in [6, 6.07) is 0. The van der Waals surface area contributed by atoms with E-state index < -0.39 is 56.9 Å². The summed E-state index contributed by atoms with van der Waals surface area (Å²) in [4.78, 5) is 35.5. The highest BCUT2D eigenvalue weighted by Gasteiger charge is 2.53. The monoisotopic (exact) mass is 476 g/mol. The molecule has 0 saturated carbocycles. The maximum atomic E-state index is 11.9. The largest absolute Gasteiger partial charge is 0.456 e. The molecule has 0 aromatic carbocycles. The van der Waals surface area contributed by atoms with Crippen molar-refractivity contribution in [3.05, 3.63) is 0 Å². The Labute approximate surface area is 192 Å². The topological polar surface area (TPSA) is 107 Å². The number of carbonyl (C=O) groups is 3. The van der Waals surface area contributed by atoms with Gasteiger partial charge in [-0.05, 0) is 16.6 Å². The van der Waals surface area contributed by atoms with Crippen molar-refractivity contribution in [2.24, 2.45) is 0 Å². The van der Waals surface area contributed by atoms with Crippen LogP contribution in [0, 0.1) is 0 Å². The van der Waals surface area contributed by atoms with Gasteiger partial charge in [-0.15, -0.1) is 0 Å². The molecule has 0 amide bonds. The van der Waals surface area contributed by atoms with Crippen LogP contribution in [-0.4, -0.2) is 70.6 Å². The summed E-state index contributed by atoms with van der Waals surface area (Å²) in [5.74, 6) is -1.81. The molecule has 10 heteroatoms. The van der Waals surface area contributed by atoms with Crippen LogP contribution in [0.15, 0.2) is 0 Å². The van der Waals surface area contributed by atoms with Crippen LogP contribution in [0.1, 0.15) is 62.3 Å². The fraction of sp³-hybridized carbons (Fsp3) is 0.864. The third kappa shape index (κ3) is 6.76. The van der Waals surface area contributed by atoms with Crippen molar-refractivity contribution in [1.82, 2.24) is 0 Å². The number of esters is 3. The highest BCUT2D eigenvalue weighted by Crippen LogP contribution is 2.43. The van der Waals surface area contributed by atoms with Crippen molar-refractivity contribution in [2.75, 3.05) is 13.7 Å². The van der Waals surface area contributed by atoms with Crippen molar-refractivity contribution in [3.8, 4) is 0 Å². The molecule has 0 aliphatic carbocycles. The zero-order valence-electron chi connectivity index (χ0n) is 21.0. The quantitative estimate of drug-likeness (QED) is 0.266. The summed E-state index contributed by atoms with van der Waals surface area (Å²) in [7, 11) is -0.871. The maximum absolute atomic E-state index is 11.9. The van der Waals surface area contributed by atoms with Gasteiger partial charge in [0, 0.05) is 27.9 Å². The average Bonchev–Trinajstić information content (AvgIpc) is 2.64. The van der Waals surface area contributed by atoms with Gasteiger partial charge in [-0.3, -0.25) is 14.4 Å². The van der Waals surface area contributed by atoms with E-state index in [0.29, 0.717) is 16.6 Å². The normalized spacial score (nSPS) is 26.3. The van der Waals surface area contributed by atoms with Crippen molar-refractivity contribution >= 4 is 26.2 Å². The Balaban J connectivity index is 3.36. The number of hydrogen-bond acceptors (Lipinski definition) is 9. The van der Waals surface area contributed by atoms with Gasteiger partial charge >= 0.3 is 17.9 Å². The molecule has 1 heterocycles. The lowest BCUT2D eigenvalue weighted by molar-refractivity contribution is -0.301. The van der Waals surface area contributed by atoms with Crippen molar-refractivity contribution in [3.63, 3.8) is 0 Å². The molecule has 0 radical (unpaired) electrons. The highest BCUT2D eigenvalue weighted by atomic mass is 28.4. The number of ether oxygens (including phenoxy) is 5. The minimum Gasteiger partial charge on any atom is -0.456 e. The van der Waals surface area contributed by atoms with Crippen LogP contribution in [0.4, 0.5) is 0 Å². The smallest absolute Gasteiger partial charge is 0.303 e. The third-order valence-corrected chi connectivity index (χ3v) is 12.0. The lowest BCUT2D eigenvalue weighted by Crippen LogP contribution is -2.63. The van der Waals surface area contributed by atoms with Crippen LogP contribution in [0.5, 0.6) is 0 Å². The lowest BCUT2D eigenvalue weighted by atomic mass is 9.98. The van der Waals surface area contributed by atoms with Gasteiger partial charge in [-0.1, -0.05) is 41.5 Å². The molecule has 1 fully saturated rings. The molecule has 5 atom stereocenters. The summed E-state index contributed by atoms with van der Waals surface area (Å²) in [6.07, 6.45) is -5.07. The molecule has 0 bridgehead atoms. The zero-order valence-corrected chi connectivity index (χ0v) is 22.0. The summed E-state index contributed by atoms with van der Waals surface area (Å²) in [6.45, 7) is 16.8. The van der Waals surface area contributed by atoms with Crippen LogP contribution in [0.25, 0.3) is 0 Å². The first-order valence-corrected chi connectivity index (χ1v) is 13.3. The molecule has 0 aromatic rings. The van der Waals surface area contributed by atoms with E-state index in [9.17, 15) is 14.4 Å². The predicted octanol–water partition coefficient (Wildman–Crippen LogP) is 3.34. The molecule has 32 heavy (non-hydrogen) atoms. The molecule has 2 unspecified atom stereocenters. The van der Waals surface area contributed by atoms with Crippen LogP contribution in [0.3, 0.4) is 0 Å². The second-order valence-corrected chi connectivity index (χ2v) is 14.6. The first-order chi connectivity index (χ1) is 14.8. The van der Waals surface area contributed by atoms with E-state index in [1.165, 1.54) is 27.9 Å². The molecule has 1 aliphatic heterocycles. The molecule has 1 rings (SSSR count). The number of hydrogen-bond donors (Lipinski definition) is 0. The first kappa shape index (κ1) is 28.5. The van der Waals surface area contributed by atoms with E-state index in [4.69, 9.17) is 28.1 Å². The molecule has 186 valence electrons. The maximum Gasteiger partial charge on any atom is 0.303 e. The van der Waals surface area contributed by atoms with E-state index in [0.717, 1.165) is 0 Å². The summed E-state index contributed by atoms with van der Waals surface area (Å²) < 4.78 is 34.4. The molecule has 1 aliphatic rings. The van der Waals surface area contributed by atoms with Gasteiger partial charge in [-0.25, -0.2) is 0 Å². The van der Waals surface area contributed by atoms with E-state index in [1.807, 2.05) is 0 Å². The van der Waals surface area contributed by atoms with Crippen LogP contribution >= 0.6 is 0 Å². The Hall–Kier alpha value is -1.49. The van der Waals surface area contributed by atoms with Crippen LogP contribution in [0.2, 0.25) is 16.6 Å². The van der Waals surface area contributed by atoms with Crippen molar-refractivity contribution in [1.29, 1.82) is 0 Å². The number of rotatable bonds is 10. The second kappa shape index (κ2) is 12.1. The van der Waals surface area contributed by atoms with Gasteiger partial charge < -0.3 is 28.1 Å². The Bertz CT molecular complexity index is 628. The zero-order chi connectivity index (χ0) is 24.8. The second-order valence-electron chi connectivity index (χ2n) is 9.13. The predicted molar refractivity (Wildman–Crippen MR) is 119 cm³/mol. The minimum absolute atomic E-state index is 0.114. The van der Waals surface area contributed by atoms with E-state index >= 15 is 0 Å². The highest BCUT2D eigenvalue weighted by molar-refractivity contribution is 6.77. The van der Waals surface area contributed by atoms with Gasteiger partial charge in [0.05, 0.1) is 6.61 Å².